The lowest BCUT2D eigenvalue weighted by atomic mass is 9.89. The minimum absolute atomic E-state index is 0.0322. The molecule has 0 fully saturated rings. The van der Waals surface area contributed by atoms with E-state index >= 15 is 0 Å². The maximum atomic E-state index is 13.7. The Balaban J connectivity index is 1.41. The minimum atomic E-state index is -0.618. The van der Waals surface area contributed by atoms with Crippen LogP contribution in [0.15, 0.2) is 48.5 Å². The van der Waals surface area contributed by atoms with Crippen LogP contribution in [0, 0.1) is 5.41 Å². The molecule has 3 aromatic rings. The number of hydrogen-bond donors (Lipinski definition) is 2. The summed E-state index contributed by atoms with van der Waals surface area (Å²) in [6, 6.07) is 15.3. The van der Waals surface area contributed by atoms with Gasteiger partial charge in [-0.15, -0.1) is 5.10 Å². The molecule has 4 rings (SSSR count). The number of rotatable bonds is 12. The van der Waals surface area contributed by atoms with E-state index in [0.29, 0.717) is 18.8 Å². The van der Waals surface area contributed by atoms with Crippen molar-refractivity contribution in [3.05, 3.63) is 54.1 Å². The van der Waals surface area contributed by atoms with Crippen LogP contribution < -0.4 is 15.5 Å². The standard InChI is InChI=1S/C35H46N6O5/c1-34(2,3)17-11-13-25(42)20-31(45)46-19-18-36-29(43)21-30(44)40-22-24-12-7-8-14-26(24)32-33(27-15-9-10-16-28(27)40)41(39-38-32)23-37-35(4,5)6/h7-10,12,14-16,37H,11,13,17-23H2,1-6H3,(H,36,43). The average molecular weight is 631 g/mol. The van der Waals surface area contributed by atoms with Crippen LogP contribution in [-0.2, 0) is 37.1 Å². The largest absolute Gasteiger partial charge is 0.463 e. The molecule has 2 heterocycles. The molecule has 2 amide bonds. The summed E-state index contributed by atoms with van der Waals surface area (Å²) in [6.45, 7) is 13.1. The number of aromatic nitrogens is 3. The number of Topliss-reactive ketones (excluding diaryl/α,β-unsaturated/α-hetero) is 1. The number of ether oxygens (including phenoxy) is 1. The van der Waals surface area contributed by atoms with Gasteiger partial charge in [0.15, 0.2) is 0 Å². The van der Waals surface area contributed by atoms with E-state index in [1.54, 1.807) is 9.58 Å². The lowest BCUT2D eigenvalue weighted by Gasteiger charge is -2.29. The second-order valence-electron chi connectivity index (χ2n) is 13.9. The van der Waals surface area contributed by atoms with Crippen LogP contribution in [0.4, 0.5) is 5.69 Å². The Morgan fingerprint density at radius 1 is 0.913 bits per heavy atom. The third-order valence-corrected chi connectivity index (χ3v) is 7.57. The second-order valence-corrected chi connectivity index (χ2v) is 13.9. The zero-order valence-corrected chi connectivity index (χ0v) is 27.8. The van der Waals surface area contributed by atoms with Crippen LogP contribution in [-0.4, -0.2) is 57.3 Å². The fraction of sp³-hybridized carbons (Fsp3) is 0.486. The van der Waals surface area contributed by atoms with Gasteiger partial charge in [0.2, 0.25) is 11.8 Å². The molecule has 1 aliphatic heterocycles. The van der Waals surface area contributed by atoms with E-state index in [1.165, 1.54) is 0 Å². The Morgan fingerprint density at radius 2 is 1.61 bits per heavy atom. The van der Waals surface area contributed by atoms with E-state index in [2.05, 4.69) is 62.5 Å². The lowest BCUT2D eigenvalue weighted by molar-refractivity contribution is -0.146. The highest BCUT2D eigenvalue weighted by atomic mass is 16.5. The van der Waals surface area contributed by atoms with Gasteiger partial charge in [-0.3, -0.25) is 24.5 Å². The monoisotopic (exact) mass is 630 g/mol. The Labute approximate surface area is 271 Å². The van der Waals surface area contributed by atoms with Crippen molar-refractivity contribution in [3.63, 3.8) is 0 Å². The molecule has 1 aromatic heterocycles. The highest BCUT2D eigenvalue weighted by molar-refractivity contribution is 6.07. The molecule has 1 aliphatic rings. The normalized spacial score (nSPS) is 12.7. The number of amides is 2. The molecule has 2 aromatic carbocycles. The zero-order chi connectivity index (χ0) is 33.5. The van der Waals surface area contributed by atoms with Gasteiger partial charge in [-0.1, -0.05) is 68.4 Å². The summed E-state index contributed by atoms with van der Waals surface area (Å²) in [7, 11) is 0. The van der Waals surface area contributed by atoms with E-state index in [0.717, 1.165) is 40.9 Å². The highest BCUT2D eigenvalue weighted by Crippen LogP contribution is 2.41. The maximum absolute atomic E-state index is 13.7. The van der Waals surface area contributed by atoms with Gasteiger partial charge in [0, 0.05) is 23.1 Å². The molecule has 0 saturated carbocycles. The Hall–Kier alpha value is -4.38. The first kappa shape index (κ1) is 34.5. The number of carbonyl (C=O) groups excluding carboxylic acids is 4. The van der Waals surface area contributed by atoms with Gasteiger partial charge in [-0.25, -0.2) is 4.68 Å². The smallest absolute Gasteiger partial charge is 0.313 e. The molecule has 0 saturated heterocycles. The zero-order valence-electron chi connectivity index (χ0n) is 27.8. The molecule has 11 heteroatoms. The topological polar surface area (TPSA) is 136 Å². The van der Waals surface area contributed by atoms with Crippen molar-refractivity contribution in [1.29, 1.82) is 0 Å². The van der Waals surface area contributed by atoms with Crippen LogP contribution in [0.2, 0.25) is 0 Å². The summed E-state index contributed by atoms with van der Waals surface area (Å²) in [5, 5.41) is 15.1. The van der Waals surface area contributed by atoms with E-state index in [4.69, 9.17) is 4.74 Å². The number of esters is 1. The third-order valence-electron chi connectivity index (χ3n) is 7.57. The van der Waals surface area contributed by atoms with Gasteiger partial charge in [0.1, 0.15) is 36.6 Å². The number of benzene rings is 2. The summed E-state index contributed by atoms with van der Waals surface area (Å²) >= 11 is 0. The number of hydrogen-bond acceptors (Lipinski definition) is 8. The Morgan fingerprint density at radius 3 is 2.33 bits per heavy atom. The molecule has 46 heavy (non-hydrogen) atoms. The van der Waals surface area contributed by atoms with Gasteiger partial charge < -0.3 is 15.0 Å². The van der Waals surface area contributed by atoms with Crippen molar-refractivity contribution in [2.45, 2.75) is 92.4 Å². The fourth-order valence-electron chi connectivity index (χ4n) is 5.23. The molecular weight excluding hydrogens is 584 g/mol. The van der Waals surface area contributed by atoms with Crippen molar-refractivity contribution >= 4 is 29.3 Å². The van der Waals surface area contributed by atoms with Crippen molar-refractivity contribution in [1.82, 2.24) is 25.6 Å². The number of anilines is 1. The minimum Gasteiger partial charge on any atom is -0.463 e. The molecule has 246 valence electrons. The first-order valence-electron chi connectivity index (χ1n) is 15.8. The van der Waals surface area contributed by atoms with Crippen LogP contribution in [0.3, 0.4) is 0 Å². The van der Waals surface area contributed by atoms with Crippen LogP contribution in [0.25, 0.3) is 22.5 Å². The molecule has 2 N–H and O–H groups in total. The van der Waals surface area contributed by atoms with E-state index in [-0.39, 0.29) is 48.8 Å². The summed E-state index contributed by atoms with van der Waals surface area (Å²) < 4.78 is 6.94. The SMILES string of the molecule is CC(C)(C)CCCC(=O)CC(=O)OCCNC(=O)CC(=O)N1Cc2ccccc2-c2nnn(CNC(C)(C)C)c2-c2ccccc21. The number of fused-ring (bicyclic) bond motifs is 5. The van der Waals surface area contributed by atoms with Gasteiger partial charge in [-0.2, -0.15) is 0 Å². The van der Waals surface area contributed by atoms with Crippen LogP contribution in [0.5, 0.6) is 0 Å². The summed E-state index contributed by atoms with van der Waals surface area (Å²) in [6.07, 6.45) is 1.28. The number of nitrogens with zero attached hydrogens (tertiary/aromatic N) is 4. The average Bonchev–Trinajstić information content (AvgIpc) is 3.38. The number of para-hydroxylation sites is 1. The molecule has 0 aliphatic carbocycles. The molecule has 0 atom stereocenters. The van der Waals surface area contributed by atoms with Gasteiger partial charge in [-0.05, 0) is 50.7 Å². The van der Waals surface area contributed by atoms with E-state index in [1.807, 2.05) is 48.5 Å². The molecule has 11 nitrogen and oxygen atoms in total. The van der Waals surface area contributed by atoms with Crippen molar-refractivity contribution in [2.75, 3.05) is 18.1 Å². The Bertz CT molecular complexity index is 1570. The molecular formula is C35H46N6O5. The first-order valence-corrected chi connectivity index (χ1v) is 15.8. The third kappa shape index (κ3) is 9.56. The molecule has 0 spiro atoms. The number of ketones is 1. The summed E-state index contributed by atoms with van der Waals surface area (Å²) in [4.78, 5) is 52.3. The van der Waals surface area contributed by atoms with Crippen LogP contribution in [0.1, 0.15) is 79.2 Å². The van der Waals surface area contributed by atoms with Crippen molar-refractivity contribution in [2.24, 2.45) is 5.41 Å². The van der Waals surface area contributed by atoms with Crippen molar-refractivity contribution in [3.8, 4) is 22.5 Å². The summed E-state index contributed by atoms with van der Waals surface area (Å²) in [5.41, 5.74) is 4.65. The maximum Gasteiger partial charge on any atom is 0.313 e. The van der Waals surface area contributed by atoms with Crippen LogP contribution >= 0.6 is 0 Å². The fourth-order valence-corrected chi connectivity index (χ4v) is 5.23. The van der Waals surface area contributed by atoms with Gasteiger partial charge in [0.05, 0.1) is 25.4 Å². The molecule has 0 radical (unpaired) electrons. The quantitative estimate of drug-likeness (QED) is 0.162. The summed E-state index contributed by atoms with van der Waals surface area (Å²) in [5.74, 6) is -1.65. The number of nitrogens with one attached hydrogen (secondary N) is 2. The van der Waals surface area contributed by atoms with Crippen molar-refractivity contribution < 1.29 is 23.9 Å². The van der Waals surface area contributed by atoms with E-state index in [9.17, 15) is 19.2 Å². The number of carbonyl (C=O) groups is 4. The lowest BCUT2D eigenvalue weighted by Crippen LogP contribution is -2.38. The molecule has 0 unspecified atom stereocenters. The van der Waals surface area contributed by atoms with E-state index < -0.39 is 18.3 Å². The first-order chi connectivity index (χ1) is 21.7. The predicted octanol–water partition coefficient (Wildman–Crippen LogP) is 5.03. The predicted molar refractivity (Wildman–Crippen MR) is 176 cm³/mol. The van der Waals surface area contributed by atoms with Gasteiger partial charge in [0.25, 0.3) is 0 Å². The van der Waals surface area contributed by atoms with Gasteiger partial charge >= 0.3 is 5.97 Å². The Kier molecular flexibility index (Phi) is 11.1. The molecule has 0 bridgehead atoms. The second kappa shape index (κ2) is 14.8. The highest BCUT2D eigenvalue weighted by Gasteiger charge is 2.30.